The summed E-state index contributed by atoms with van der Waals surface area (Å²) < 4.78 is 0. The lowest BCUT2D eigenvalue weighted by atomic mass is 10.0. The standard InChI is InChI=1S/C24H27ClN4O4/c1-15(22(28-31-3)21-13-20(21)16-9-11-18(25)12-10-16)27-33-14-17-7-5-6-8-19(17)23(29-32-4)24(30)26-2/h5-12,20-21H,13-14H2,1-4H3,(H,26,30)/b27-15+,28-22-,29-23-. The summed E-state index contributed by atoms with van der Waals surface area (Å²) >= 11 is 6.00. The van der Waals surface area contributed by atoms with E-state index in [0.717, 1.165) is 17.7 Å². The average molecular weight is 471 g/mol. The minimum atomic E-state index is -0.361. The number of rotatable bonds is 10. The van der Waals surface area contributed by atoms with Crippen molar-refractivity contribution in [2.45, 2.75) is 25.9 Å². The Morgan fingerprint density at radius 3 is 2.42 bits per heavy atom. The van der Waals surface area contributed by atoms with Crippen molar-refractivity contribution in [2.24, 2.45) is 21.4 Å². The molecule has 8 nitrogen and oxygen atoms in total. The predicted octanol–water partition coefficient (Wildman–Crippen LogP) is 4.14. The van der Waals surface area contributed by atoms with Crippen LogP contribution in [0.3, 0.4) is 0 Å². The SMILES string of the molecule is CNC(=O)/C(=N\OC)c1ccccc1CO/N=C(C)/C(=N/OC)C1CC1c1ccc(Cl)cc1. The van der Waals surface area contributed by atoms with Crippen LogP contribution in [0, 0.1) is 5.92 Å². The first-order valence-corrected chi connectivity index (χ1v) is 10.8. The molecule has 2 aromatic carbocycles. The topological polar surface area (TPSA) is 93.9 Å². The number of oxime groups is 3. The zero-order chi connectivity index (χ0) is 23.8. The quantitative estimate of drug-likeness (QED) is 0.417. The summed E-state index contributed by atoms with van der Waals surface area (Å²) in [7, 11) is 4.44. The molecule has 2 atom stereocenters. The first-order chi connectivity index (χ1) is 16.0. The highest BCUT2D eigenvalue weighted by Crippen LogP contribution is 2.48. The maximum atomic E-state index is 12.2. The van der Waals surface area contributed by atoms with E-state index in [2.05, 4.69) is 20.8 Å². The molecule has 0 aromatic heterocycles. The Bertz CT molecular complexity index is 1070. The highest BCUT2D eigenvalue weighted by Gasteiger charge is 2.43. The molecule has 2 unspecified atom stereocenters. The van der Waals surface area contributed by atoms with Gasteiger partial charge in [-0.25, -0.2) is 0 Å². The number of nitrogens with one attached hydrogen (secondary N) is 1. The molecule has 33 heavy (non-hydrogen) atoms. The van der Waals surface area contributed by atoms with Gasteiger partial charge < -0.3 is 19.8 Å². The maximum Gasteiger partial charge on any atom is 0.273 e. The van der Waals surface area contributed by atoms with Crippen LogP contribution in [-0.4, -0.2) is 44.3 Å². The summed E-state index contributed by atoms with van der Waals surface area (Å²) in [5, 5.41) is 15.6. The van der Waals surface area contributed by atoms with E-state index < -0.39 is 0 Å². The fourth-order valence-electron chi connectivity index (χ4n) is 3.62. The molecule has 1 aliphatic carbocycles. The Labute approximate surface area is 198 Å². The van der Waals surface area contributed by atoms with Gasteiger partial charge in [0, 0.05) is 29.1 Å². The molecular weight excluding hydrogens is 444 g/mol. The lowest BCUT2D eigenvalue weighted by molar-refractivity contribution is -0.114. The van der Waals surface area contributed by atoms with Crippen molar-refractivity contribution in [3.05, 3.63) is 70.2 Å². The van der Waals surface area contributed by atoms with Crippen molar-refractivity contribution >= 4 is 34.6 Å². The molecule has 0 heterocycles. The zero-order valence-corrected chi connectivity index (χ0v) is 19.8. The van der Waals surface area contributed by atoms with E-state index >= 15 is 0 Å². The van der Waals surface area contributed by atoms with Crippen LogP contribution in [0.4, 0.5) is 0 Å². The van der Waals surface area contributed by atoms with Crippen molar-refractivity contribution in [1.29, 1.82) is 0 Å². The number of halogens is 1. The van der Waals surface area contributed by atoms with Crippen LogP contribution < -0.4 is 5.32 Å². The second-order valence-corrected chi connectivity index (χ2v) is 7.90. The van der Waals surface area contributed by atoms with E-state index in [4.69, 9.17) is 26.1 Å². The molecule has 0 saturated heterocycles. The van der Waals surface area contributed by atoms with Crippen molar-refractivity contribution in [2.75, 3.05) is 21.3 Å². The van der Waals surface area contributed by atoms with Gasteiger partial charge in [0.2, 0.25) is 0 Å². The highest BCUT2D eigenvalue weighted by molar-refractivity contribution is 6.45. The monoisotopic (exact) mass is 470 g/mol. The van der Waals surface area contributed by atoms with Crippen LogP contribution in [-0.2, 0) is 25.9 Å². The van der Waals surface area contributed by atoms with Gasteiger partial charge in [0.15, 0.2) is 5.71 Å². The van der Waals surface area contributed by atoms with Gasteiger partial charge in [0.25, 0.3) is 5.91 Å². The molecule has 9 heteroatoms. The molecule has 174 valence electrons. The van der Waals surface area contributed by atoms with E-state index in [1.54, 1.807) is 6.07 Å². The number of hydrogen-bond acceptors (Lipinski definition) is 7. The summed E-state index contributed by atoms with van der Waals surface area (Å²) in [6, 6.07) is 15.1. The highest BCUT2D eigenvalue weighted by atomic mass is 35.5. The van der Waals surface area contributed by atoms with Crippen LogP contribution in [0.1, 0.15) is 36.0 Å². The summed E-state index contributed by atoms with van der Waals surface area (Å²) in [4.78, 5) is 27.8. The minimum Gasteiger partial charge on any atom is -0.399 e. The Kier molecular flexibility index (Phi) is 8.43. The lowest BCUT2D eigenvalue weighted by Gasteiger charge is -2.10. The van der Waals surface area contributed by atoms with E-state index in [1.807, 2.05) is 49.4 Å². The number of hydrogen-bond donors (Lipinski definition) is 1. The summed E-state index contributed by atoms with van der Waals surface area (Å²) in [5.74, 6) is 0.169. The third-order valence-corrected chi connectivity index (χ3v) is 5.57. The molecule has 2 aromatic rings. The minimum absolute atomic E-state index is 0.138. The normalized spacial score (nSPS) is 18.5. The lowest BCUT2D eigenvalue weighted by Crippen LogP contribution is -2.29. The third kappa shape index (κ3) is 6.10. The van der Waals surface area contributed by atoms with Crippen LogP contribution >= 0.6 is 11.6 Å². The molecule has 0 radical (unpaired) electrons. The number of amides is 1. The second kappa shape index (κ2) is 11.5. The maximum absolute atomic E-state index is 12.2. The number of likely N-dealkylation sites (N-methyl/N-ethyl adjacent to an activating group) is 1. The second-order valence-electron chi connectivity index (χ2n) is 7.47. The fraction of sp³-hybridized carbons (Fsp3) is 0.333. The third-order valence-electron chi connectivity index (χ3n) is 5.32. The molecule has 1 saturated carbocycles. The molecule has 1 fully saturated rings. The van der Waals surface area contributed by atoms with Crippen LogP contribution in [0.15, 0.2) is 64.0 Å². The molecule has 1 N–H and O–H groups in total. The van der Waals surface area contributed by atoms with Crippen molar-refractivity contribution in [1.82, 2.24) is 5.32 Å². The molecule has 3 rings (SSSR count). The molecule has 0 bridgehead atoms. The Morgan fingerprint density at radius 1 is 1.06 bits per heavy atom. The van der Waals surface area contributed by atoms with Gasteiger partial charge in [-0.05, 0) is 37.0 Å². The van der Waals surface area contributed by atoms with Crippen molar-refractivity contribution in [3.8, 4) is 0 Å². The predicted molar refractivity (Wildman–Crippen MR) is 129 cm³/mol. The van der Waals surface area contributed by atoms with Gasteiger partial charge in [-0.1, -0.05) is 63.5 Å². The smallest absolute Gasteiger partial charge is 0.273 e. The Hall–Kier alpha value is -3.39. The van der Waals surface area contributed by atoms with Gasteiger partial charge >= 0.3 is 0 Å². The van der Waals surface area contributed by atoms with Gasteiger partial charge in [-0.2, -0.15) is 0 Å². The molecular formula is C24H27ClN4O4. The number of benzene rings is 2. The first kappa shape index (κ1) is 24.3. The molecule has 0 aliphatic heterocycles. The summed E-state index contributed by atoms with van der Waals surface area (Å²) in [6.45, 7) is 1.97. The molecule has 0 spiro atoms. The molecule has 1 amide bonds. The average Bonchev–Trinajstić information content (AvgIpc) is 3.62. The number of carbonyl (C=O) groups is 1. The number of nitrogens with zero attached hydrogens (tertiary/aromatic N) is 3. The van der Waals surface area contributed by atoms with Crippen molar-refractivity contribution in [3.63, 3.8) is 0 Å². The summed E-state index contributed by atoms with van der Waals surface area (Å²) in [5.41, 5.74) is 4.08. The van der Waals surface area contributed by atoms with Crippen LogP contribution in [0.2, 0.25) is 5.02 Å². The zero-order valence-electron chi connectivity index (χ0n) is 19.0. The van der Waals surface area contributed by atoms with E-state index in [-0.39, 0.29) is 24.1 Å². The van der Waals surface area contributed by atoms with E-state index in [9.17, 15) is 4.79 Å². The van der Waals surface area contributed by atoms with E-state index in [1.165, 1.54) is 26.8 Å². The summed E-state index contributed by atoms with van der Waals surface area (Å²) in [6.07, 6.45) is 0.947. The van der Waals surface area contributed by atoms with Gasteiger partial charge in [-0.15, -0.1) is 0 Å². The largest absolute Gasteiger partial charge is 0.399 e. The van der Waals surface area contributed by atoms with E-state index in [0.29, 0.717) is 22.2 Å². The van der Waals surface area contributed by atoms with Crippen molar-refractivity contribution < 1.29 is 19.3 Å². The Balaban J connectivity index is 1.72. The van der Waals surface area contributed by atoms with Gasteiger partial charge in [-0.3, -0.25) is 4.79 Å². The number of carbonyl (C=O) groups excluding carboxylic acids is 1. The first-order valence-electron chi connectivity index (χ1n) is 10.4. The fourth-order valence-corrected chi connectivity index (χ4v) is 3.75. The Morgan fingerprint density at radius 2 is 1.76 bits per heavy atom. The van der Waals surface area contributed by atoms with Crippen LogP contribution in [0.5, 0.6) is 0 Å². The van der Waals surface area contributed by atoms with Gasteiger partial charge in [0.05, 0.1) is 0 Å². The van der Waals surface area contributed by atoms with Crippen LogP contribution in [0.25, 0.3) is 0 Å². The van der Waals surface area contributed by atoms with Gasteiger partial charge in [0.1, 0.15) is 32.2 Å². The molecule has 1 aliphatic rings.